The Balaban J connectivity index is 1.49. The molecule has 2 saturated carbocycles. The van der Waals surface area contributed by atoms with Gasteiger partial charge >= 0.3 is 12.3 Å². The molecule has 0 saturated heterocycles. The minimum absolute atomic E-state index is 0.0718. The van der Waals surface area contributed by atoms with E-state index in [0.717, 1.165) is 30.5 Å². The van der Waals surface area contributed by atoms with Crippen LogP contribution in [-0.2, 0) is 14.3 Å². The molecule has 4 aliphatic carbocycles. The van der Waals surface area contributed by atoms with E-state index in [1.54, 1.807) is 13.0 Å². The summed E-state index contributed by atoms with van der Waals surface area (Å²) >= 11 is 0. The number of carbonyl (C=O) groups excluding carboxylic acids is 3. The second-order valence-electron chi connectivity index (χ2n) is 11.5. The Hall–Kier alpha value is -2.90. The van der Waals surface area contributed by atoms with Gasteiger partial charge in [0.05, 0.1) is 5.56 Å². The van der Waals surface area contributed by atoms with Gasteiger partial charge in [0, 0.05) is 18.3 Å². The van der Waals surface area contributed by atoms with Gasteiger partial charge in [0.25, 0.3) is 0 Å². The molecule has 7 atom stereocenters. The lowest BCUT2D eigenvalue weighted by Crippen LogP contribution is -2.56. The van der Waals surface area contributed by atoms with Gasteiger partial charge in [-0.1, -0.05) is 26.0 Å². The van der Waals surface area contributed by atoms with Crippen LogP contribution in [0.4, 0.5) is 13.2 Å². The summed E-state index contributed by atoms with van der Waals surface area (Å²) in [5, 5.41) is 0. The van der Waals surface area contributed by atoms with E-state index < -0.39 is 24.2 Å². The van der Waals surface area contributed by atoms with E-state index >= 15 is 0 Å². The minimum atomic E-state index is -4.82. The Morgan fingerprint density at radius 1 is 1.08 bits per heavy atom. The third-order valence-corrected chi connectivity index (χ3v) is 9.50. The quantitative estimate of drug-likeness (QED) is 0.444. The minimum Gasteiger partial charge on any atom is -0.458 e. The van der Waals surface area contributed by atoms with E-state index in [-0.39, 0.29) is 51.6 Å². The summed E-state index contributed by atoms with van der Waals surface area (Å²) in [6.45, 7) is 5.89. The molecule has 8 heteroatoms. The Morgan fingerprint density at radius 3 is 2.43 bits per heavy atom. The molecule has 4 aliphatic rings. The number of halogens is 3. The molecule has 2 fully saturated rings. The topological polar surface area (TPSA) is 69.7 Å². The Morgan fingerprint density at radius 2 is 1.78 bits per heavy atom. The van der Waals surface area contributed by atoms with Crippen LogP contribution in [0.2, 0.25) is 0 Å². The Labute approximate surface area is 214 Å². The van der Waals surface area contributed by atoms with Crippen LogP contribution in [0.3, 0.4) is 0 Å². The van der Waals surface area contributed by atoms with Crippen molar-refractivity contribution in [1.29, 1.82) is 0 Å². The van der Waals surface area contributed by atoms with Crippen molar-refractivity contribution >= 4 is 17.5 Å². The summed E-state index contributed by atoms with van der Waals surface area (Å²) in [6, 6.07) is 4.70. The van der Waals surface area contributed by atoms with Crippen molar-refractivity contribution in [3.8, 4) is 5.75 Å². The molecule has 37 heavy (non-hydrogen) atoms. The molecule has 1 aromatic rings. The summed E-state index contributed by atoms with van der Waals surface area (Å²) in [4.78, 5) is 38.1. The predicted molar refractivity (Wildman–Crippen MR) is 128 cm³/mol. The largest absolute Gasteiger partial charge is 0.573 e. The van der Waals surface area contributed by atoms with Crippen molar-refractivity contribution in [1.82, 2.24) is 0 Å². The third-order valence-electron chi connectivity index (χ3n) is 9.50. The lowest BCUT2D eigenvalue weighted by atomic mass is 9.47. The van der Waals surface area contributed by atoms with Crippen LogP contribution in [0.25, 0.3) is 0 Å². The first kappa shape index (κ1) is 25.7. The number of Topliss-reactive ketones (excluding diaryl/α,β-unsaturated/α-hetero) is 1. The average molecular weight is 517 g/mol. The summed E-state index contributed by atoms with van der Waals surface area (Å²) in [5.41, 5.74) is 0.371. The van der Waals surface area contributed by atoms with Crippen LogP contribution in [0.15, 0.2) is 48.1 Å². The van der Waals surface area contributed by atoms with Crippen LogP contribution in [-0.4, -0.2) is 30.0 Å². The first-order valence-corrected chi connectivity index (χ1v) is 12.8. The maximum atomic E-state index is 13.3. The van der Waals surface area contributed by atoms with E-state index in [1.807, 2.05) is 6.08 Å². The number of ketones is 2. The number of hydrogen-bond acceptors (Lipinski definition) is 5. The highest BCUT2D eigenvalue weighted by molar-refractivity contribution is 5.92. The molecule has 5 rings (SSSR count). The van der Waals surface area contributed by atoms with Crippen molar-refractivity contribution in [2.24, 2.45) is 34.5 Å². The van der Waals surface area contributed by atoms with Crippen molar-refractivity contribution < 1.29 is 37.0 Å². The molecule has 0 aliphatic heterocycles. The molecule has 1 aromatic carbocycles. The second-order valence-corrected chi connectivity index (χ2v) is 11.5. The Bertz CT molecular complexity index is 1180. The summed E-state index contributed by atoms with van der Waals surface area (Å²) in [6.07, 6.45) is 3.87. The summed E-state index contributed by atoms with van der Waals surface area (Å²) < 4.78 is 47.7. The molecule has 0 spiro atoms. The fraction of sp³-hybridized carbons (Fsp3) is 0.552. The van der Waals surface area contributed by atoms with Crippen molar-refractivity contribution in [3.05, 3.63) is 53.6 Å². The number of hydrogen-bond donors (Lipinski definition) is 0. The van der Waals surface area contributed by atoms with Gasteiger partial charge in [-0.25, -0.2) is 4.79 Å². The molecule has 0 N–H and O–H groups in total. The molecule has 0 aromatic heterocycles. The maximum Gasteiger partial charge on any atom is 0.573 e. The molecule has 5 nitrogen and oxygen atoms in total. The van der Waals surface area contributed by atoms with Crippen LogP contribution < -0.4 is 4.74 Å². The van der Waals surface area contributed by atoms with Gasteiger partial charge in [0.15, 0.2) is 5.78 Å². The molecular formula is C29H31F3O5. The van der Waals surface area contributed by atoms with Gasteiger partial charge in [-0.05, 0) is 91.2 Å². The first-order chi connectivity index (χ1) is 17.3. The van der Waals surface area contributed by atoms with E-state index in [9.17, 15) is 27.6 Å². The maximum absolute atomic E-state index is 13.3. The third kappa shape index (κ3) is 4.42. The number of rotatable bonds is 4. The zero-order valence-electron chi connectivity index (χ0n) is 21.1. The molecule has 0 bridgehead atoms. The SMILES string of the molecule is CC(=O)[C@H]1CC[C@H]2[C@@H]3C=CC4=CC(=O)CC[C@@]4(C)[C@@H]3[C@@H](OC(=O)c3ccc(OC(F)(F)F)cc3)C[C@]12C. The van der Waals surface area contributed by atoms with E-state index in [1.165, 1.54) is 12.1 Å². The van der Waals surface area contributed by atoms with E-state index in [4.69, 9.17) is 4.74 Å². The average Bonchev–Trinajstić information content (AvgIpc) is 3.15. The molecule has 0 unspecified atom stereocenters. The van der Waals surface area contributed by atoms with Crippen LogP contribution >= 0.6 is 0 Å². The number of benzene rings is 1. The van der Waals surface area contributed by atoms with Crippen LogP contribution in [0.1, 0.15) is 63.2 Å². The lowest BCUT2D eigenvalue weighted by Gasteiger charge is -2.58. The van der Waals surface area contributed by atoms with Gasteiger partial charge in [0.2, 0.25) is 0 Å². The van der Waals surface area contributed by atoms with Gasteiger partial charge in [-0.2, -0.15) is 0 Å². The zero-order valence-corrected chi connectivity index (χ0v) is 21.1. The van der Waals surface area contributed by atoms with Gasteiger partial charge in [-0.3, -0.25) is 9.59 Å². The van der Waals surface area contributed by atoms with E-state index in [0.29, 0.717) is 19.3 Å². The summed E-state index contributed by atoms with van der Waals surface area (Å²) in [5.74, 6) is -0.670. The standard InChI is InChI=1S/C29H31F3O5/c1-16(33)22-10-11-23-21-9-6-18-14-19(34)12-13-27(18,2)25(21)24(15-28(22,23)3)36-26(35)17-4-7-20(8-5-17)37-29(30,31)32/h4-9,14,21-25H,10-13,15H2,1-3H3/t21-,22+,23-,24-,25-,27+,28+/m0/s1. The van der Waals surface area contributed by atoms with Crippen LogP contribution in [0.5, 0.6) is 5.75 Å². The predicted octanol–water partition coefficient (Wildman–Crippen LogP) is 6.23. The highest BCUT2D eigenvalue weighted by atomic mass is 19.4. The lowest BCUT2D eigenvalue weighted by molar-refractivity contribution is -0.274. The summed E-state index contributed by atoms with van der Waals surface area (Å²) in [7, 11) is 0. The van der Waals surface area contributed by atoms with Gasteiger partial charge in [0.1, 0.15) is 17.6 Å². The molecule has 198 valence electrons. The molecular weight excluding hydrogens is 485 g/mol. The molecule has 0 radical (unpaired) electrons. The van der Waals surface area contributed by atoms with Crippen LogP contribution in [0, 0.1) is 34.5 Å². The Kier molecular flexibility index (Phi) is 6.15. The normalized spacial score (nSPS) is 36.6. The number of esters is 1. The fourth-order valence-corrected chi connectivity index (χ4v) is 7.87. The van der Waals surface area contributed by atoms with Gasteiger partial charge < -0.3 is 9.47 Å². The number of ether oxygens (including phenoxy) is 2. The highest BCUT2D eigenvalue weighted by Gasteiger charge is 2.63. The van der Waals surface area contributed by atoms with Crippen molar-refractivity contribution in [2.45, 2.75) is 65.3 Å². The number of alkyl halides is 3. The second kappa shape index (κ2) is 8.84. The first-order valence-electron chi connectivity index (χ1n) is 12.8. The molecule has 0 heterocycles. The number of allylic oxidation sites excluding steroid dienone is 4. The van der Waals surface area contributed by atoms with E-state index in [2.05, 4.69) is 24.7 Å². The number of fused-ring (bicyclic) bond motifs is 5. The fourth-order valence-electron chi connectivity index (χ4n) is 7.87. The van der Waals surface area contributed by atoms with Crippen molar-refractivity contribution in [3.63, 3.8) is 0 Å². The monoisotopic (exact) mass is 516 g/mol. The van der Waals surface area contributed by atoms with Crippen molar-refractivity contribution in [2.75, 3.05) is 0 Å². The van der Waals surface area contributed by atoms with Gasteiger partial charge in [-0.15, -0.1) is 13.2 Å². The highest BCUT2D eigenvalue weighted by Crippen LogP contribution is 2.65. The smallest absolute Gasteiger partial charge is 0.458 e. The molecule has 0 amide bonds. The number of carbonyl (C=O) groups is 3. The zero-order chi connectivity index (χ0) is 26.8.